The molecule has 1 atom stereocenters. The van der Waals surface area contributed by atoms with Crippen LogP contribution in [0.25, 0.3) is 5.57 Å². The summed E-state index contributed by atoms with van der Waals surface area (Å²) in [6, 6.07) is 9.18. The van der Waals surface area contributed by atoms with Crippen molar-refractivity contribution in [3.8, 4) is 0 Å². The minimum Gasteiger partial charge on any atom is -0.490 e. The lowest BCUT2D eigenvalue weighted by Gasteiger charge is -2.39. The molecule has 1 N–H and O–H groups in total. The lowest BCUT2D eigenvalue weighted by Crippen LogP contribution is -2.50. The minimum absolute atomic E-state index is 0.181. The number of aromatic nitrogens is 2. The second kappa shape index (κ2) is 6.22. The highest BCUT2D eigenvalue weighted by Gasteiger charge is 2.59. The number of hydrogen-bond donors (Lipinski definition) is 1. The predicted molar refractivity (Wildman–Crippen MR) is 87.7 cm³/mol. The molecule has 24 heavy (non-hydrogen) atoms. The average molecular weight is 328 g/mol. The maximum absolute atomic E-state index is 12.8. The fourth-order valence-corrected chi connectivity index (χ4v) is 2.83. The van der Waals surface area contributed by atoms with Gasteiger partial charge in [-0.25, -0.2) is 4.98 Å². The van der Waals surface area contributed by atoms with Gasteiger partial charge in [0.15, 0.2) is 11.6 Å². The Kier molecular flexibility index (Phi) is 4.26. The molecule has 0 amide bonds. The van der Waals surface area contributed by atoms with Crippen molar-refractivity contribution < 1.29 is 19.4 Å². The van der Waals surface area contributed by atoms with Gasteiger partial charge >= 0.3 is 0 Å². The summed E-state index contributed by atoms with van der Waals surface area (Å²) in [5.41, 5.74) is -0.788. The molecule has 0 radical (unpaired) electrons. The number of ether oxygens (including phenoxy) is 2. The molecule has 6 nitrogen and oxygen atoms in total. The molecule has 0 fully saturated rings. The van der Waals surface area contributed by atoms with Crippen molar-refractivity contribution in [2.45, 2.75) is 32.3 Å². The van der Waals surface area contributed by atoms with Gasteiger partial charge in [-0.3, -0.25) is 4.79 Å². The standard InChI is InChI=1S/C18H20N2O4/c1-12(2)24-16-14(13-7-5-4-6-8-13)15(21)18(16,22)17-19-9-10-20(17)11-23-3/h4-10,12,22H,11H2,1-3H3. The van der Waals surface area contributed by atoms with Crippen LogP contribution in [0.5, 0.6) is 0 Å². The summed E-state index contributed by atoms with van der Waals surface area (Å²) >= 11 is 0. The van der Waals surface area contributed by atoms with E-state index in [-0.39, 0.29) is 24.4 Å². The topological polar surface area (TPSA) is 73.6 Å². The summed E-state index contributed by atoms with van der Waals surface area (Å²) in [4.78, 5) is 17.0. The first-order valence-electron chi connectivity index (χ1n) is 7.74. The van der Waals surface area contributed by atoms with E-state index in [1.807, 2.05) is 44.2 Å². The zero-order valence-corrected chi connectivity index (χ0v) is 13.9. The van der Waals surface area contributed by atoms with Gasteiger partial charge in [0.05, 0.1) is 11.7 Å². The third-order valence-corrected chi connectivity index (χ3v) is 3.83. The predicted octanol–water partition coefficient (Wildman–Crippen LogP) is 2.09. The number of carbonyl (C=O) groups is 1. The molecule has 1 aliphatic carbocycles. The third-order valence-electron chi connectivity index (χ3n) is 3.83. The van der Waals surface area contributed by atoms with Crippen LogP contribution in [0.2, 0.25) is 0 Å². The Morgan fingerprint density at radius 1 is 1.29 bits per heavy atom. The van der Waals surface area contributed by atoms with Crippen LogP contribution < -0.4 is 0 Å². The summed E-state index contributed by atoms with van der Waals surface area (Å²) < 4.78 is 12.5. The van der Waals surface area contributed by atoms with Crippen LogP contribution in [-0.4, -0.2) is 33.7 Å². The SMILES string of the molecule is COCn1ccnc1C1(O)C(=O)C(c2ccccc2)=C1OC(C)C. The van der Waals surface area contributed by atoms with Gasteiger partial charge in [0.2, 0.25) is 11.4 Å². The largest absolute Gasteiger partial charge is 0.490 e. The molecule has 1 unspecified atom stereocenters. The number of Topliss-reactive ketones (excluding diaryl/α,β-unsaturated/α-hetero) is 1. The van der Waals surface area contributed by atoms with E-state index in [0.717, 1.165) is 0 Å². The number of carbonyl (C=O) groups excluding carboxylic acids is 1. The summed E-state index contributed by atoms with van der Waals surface area (Å²) in [5.74, 6) is 0.00911. The Hall–Kier alpha value is -2.44. The number of nitrogens with zero attached hydrogens (tertiary/aromatic N) is 2. The van der Waals surface area contributed by atoms with Crippen molar-refractivity contribution in [2.24, 2.45) is 0 Å². The molecule has 1 aromatic heterocycles. The van der Waals surface area contributed by atoms with Crippen LogP contribution in [0, 0.1) is 0 Å². The first kappa shape index (κ1) is 16.4. The van der Waals surface area contributed by atoms with E-state index >= 15 is 0 Å². The van der Waals surface area contributed by atoms with E-state index in [2.05, 4.69) is 4.98 Å². The smallest absolute Gasteiger partial charge is 0.244 e. The molecule has 3 rings (SSSR count). The Morgan fingerprint density at radius 2 is 2.00 bits per heavy atom. The van der Waals surface area contributed by atoms with Crippen molar-refractivity contribution in [3.05, 3.63) is 59.9 Å². The van der Waals surface area contributed by atoms with Gasteiger partial charge in [0, 0.05) is 19.5 Å². The van der Waals surface area contributed by atoms with Crippen molar-refractivity contribution in [2.75, 3.05) is 7.11 Å². The fourth-order valence-electron chi connectivity index (χ4n) is 2.83. The van der Waals surface area contributed by atoms with Crippen LogP contribution in [0.15, 0.2) is 48.5 Å². The molecule has 126 valence electrons. The second-order valence-electron chi connectivity index (χ2n) is 5.91. The summed E-state index contributed by atoms with van der Waals surface area (Å²) in [6.07, 6.45) is 2.98. The van der Waals surface area contributed by atoms with Gasteiger partial charge in [-0.15, -0.1) is 0 Å². The van der Waals surface area contributed by atoms with Gasteiger partial charge < -0.3 is 19.1 Å². The van der Waals surface area contributed by atoms with Crippen molar-refractivity contribution >= 4 is 11.4 Å². The van der Waals surface area contributed by atoms with E-state index < -0.39 is 11.4 Å². The Bertz CT molecular complexity index is 779. The van der Waals surface area contributed by atoms with E-state index in [1.54, 1.807) is 10.8 Å². The molecule has 1 heterocycles. The van der Waals surface area contributed by atoms with Crippen molar-refractivity contribution in [1.29, 1.82) is 0 Å². The van der Waals surface area contributed by atoms with Crippen molar-refractivity contribution in [3.63, 3.8) is 0 Å². The molecule has 1 aliphatic rings. The highest BCUT2D eigenvalue weighted by molar-refractivity contribution is 6.33. The monoisotopic (exact) mass is 328 g/mol. The summed E-state index contributed by atoms with van der Waals surface area (Å²) in [6.45, 7) is 3.88. The van der Waals surface area contributed by atoms with Crippen LogP contribution in [0.3, 0.4) is 0 Å². The number of methoxy groups -OCH3 is 1. The summed E-state index contributed by atoms with van der Waals surface area (Å²) in [5, 5.41) is 11.1. The summed E-state index contributed by atoms with van der Waals surface area (Å²) in [7, 11) is 1.53. The lowest BCUT2D eigenvalue weighted by atomic mass is 9.74. The normalized spacial score (nSPS) is 20.5. The molecule has 0 spiro atoms. The minimum atomic E-state index is -1.89. The molecular weight excluding hydrogens is 308 g/mol. The zero-order chi connectivity index (χ0) is 17.3. The lowest BCUT2D eigenvalue weighted by molar-refractivity contribution is -0.140. The second-order valence-corrected chi connectivity index (χ2v) is 5.91. The van der Waals surface area contributed by atoms with Crippen LogP contribution in [0.4, 0.5) is 0 Å². The van der Waals surface area contributed by atoms with Gasteiger partial charge in [0.25, 0.3) is 0 Å². The van der Waals surface area contributed by atoms with Crippen LogP contribution in [0.1, 0.15) is 25.2 Å². The number of benzene rings is 1. The number of imidazole rings is 1. The number of hydrogen-bond acceptors (Lipinski definition) is 5. The molecule has 0 aliphatic heterocycles. The Labute approximate surface area is 140 Å². The molecule has 1 aromatic carbocycles. The molecule has 6 heteroatoms. The zero-order valence-electron chi connectivity index (χ0n) is 13.9. The molecule has 0 saturated carbocycles. The quantitative estimate of drug-likeness (QED) is 0.879. The fraction of sp³-hybridized carbons (Fsp3) is 0.333. The number of aliphatic hydroxyl groups is 1. The Morgan fingerprint density at radius 3 is 2.62 bits per heavy atom. The van der Waals surface area contributed by atoms with Crippen LogP contribution in [-0.2, 0) is 26.6 Å². The Balaban J connectivity index is 2.13. The molecule has 0 saturated heterocycles. The van der Waals surface area contributed by atoms with Gasteiger partial charge in [-0.05, 0) is 19.4 Å². The van der Waals surface area contributed by atoms with E-state index in [0.29, 0.717) is 11.1 Å². The van der Waals surface area contributed by atoms with E-state index in [4.69, 9.17) is 9.47 Å². The first-order chi connectivity index (χ1) is 11.5. The highest BCUT2D eigenvalue weighted by Crippen LogP contribution is 2.48. The maximum atomic E-state index is 12.8. The van der Waals surface area contributed by atoms with Crippen molar-refractivity contribution in [1.82, 2.24) is 9.55 Å². The maximum Gasteiger partial charge on any atom is 0.244 e. The van der Waals surface area contributed by atoms with E-state index in [9.17, 15) is 9.90 Å². The highest BCUT2D eigenvalue weighted by atomic mass is 16.5. The van der Waals surface area contributed by atoms with Gasteiger partial charge in [-0.1, -0.05) is 30.3 Å². The van der Waals surface area contributed by atoms with Crippen LogP contribution >= 0.6 is 0 Å². The first-order valence-corrected chi connectivity index (χ1v) is 7.74. The third kappa shape index (κ3) is 2.44. The average Bonchev–Trinajstić information content (AvgIpc) is 3.03. The van der Waals surface area contributed by atoms with Gasteiger partial charge in [0.1, 0.15) is 6.73 Å². The van der Waals surface area contributed by atoms with Gasteiger partial charge in [-0.2, -0.15) is 0 Å². The molecular formula is C18H20N2O4. The number of ketones is 1. The van der Waals surface area contributed by atoms with E-state index in [1.165, 1.54) is 13.3 Å². The molecule has 2 aromatic rings. The number of rotatable bonds is 6. The molecule has 0 bridgehead atoms.